The summed E-state index contributed by atoms with van der Waals surface area (Å²) in [6, 6.07) is 11.3. The third-order valence-corrected chi connectivity index (χ3v) is 4.33. The molecule has 2 aromatic carbocycles. The van der Waals surface area contributed by atoms with Crippen LogP contribution in [0, 0.1) is 12.7 Å². The number of aliphatic hydroxyl groups is 1. The number of H-pyrrole nitrogens is 1. The molecule has 3 aromatic rings. The first-order chi connectivity index (χ1) is 11.9. The number of hydrogen-bond donors (Lipinski definition) is 3. The molecule has 0 bridgehead atoms. The second-order valence-electron chi connectivity index (χ2n) is 6.40. The predicted molar refractivity (Wildman–Crippen MR) is 95.7 cm³/mol. The van der Waals surface area contributed by atoms with Crippen LogP contribution in [0.25, 0.3) is 10.9 Å². The highest BCUT2D eigenvalue weighted by molar-refractivity contribution is 5.89. The molecule has 3 rings (SSSR count). The lowest BCUT2D eigenvalue weighted by atomic mass is 10.0. The van der Waals surface area contributed by atoms with Gasteiger partial charge < -0.3 is 15.4 Å². The number of carbonyl (C=O) groups excluding carboxylic acids is 1. The number of aromatic amines is 1. The van der Waals surface area contributed by atoms with E-state index in [0.29, 0.717) is 5.56 Å². The van der Waals surface area contributed by atoms with Gasteiger partial charge in [0.1, 0.15) is 5.82 Å². The highest BCUT2D eigenvalue weighted by Gasteiger charge is 2.19. The van der Waals surface area contributed by atoms with Crippen molar-refractivity contribution in [2.75, 3.05) is 0 Å². The zero-order valence-corrected chi connectivity index (χ0v) is 14.2. The first-order valence-electron chi connectivity index (χ1n) is 8.23. The van der Waals surface area contributed by atoms with Gasteiger partial charge in [0.25, 0.3) is 0 Å². The smallest absolute Gasteiger partial charge is 0.224 e. The Morgan fingerprint density at radius 3 is 2.84 bits per heavy atom. The number of aryl methyl sites for hydroxylation is 1. The molecule has 0 fully saturated rings. The lowest BCUT2D eigenvalue weighted by Crippen LogP contribution is -2.37. The molecule has 0 spiro atoms. The standard InChI is InChI=1S/C20H21FN2O2/c1-12-6-7-17-15(11-22-18(17)8-12)10-19(24)23-13(2)20(25)14-4-3-5-16(21)9-14/h3-9,11,13,20,22,25H,10H2,1-2H3,(H,23,24)/t13-,20+/m0/s1. The molecule has 1 amide bonds. The fraction of sp³-hybridized carbons (Fsp3) is 0.250. The van der Waals surface area contributed by atoms with Crippen molar-refractivity contribution in [3.05, 3.63) is 71.2 Å². The van der Waals surface area contributed by atoms with E-state index in [4.69, 9.17) is 0 Å². The maximum Gasteiger partial charge on any atom is 0.224 e. The molecule has 25 heavy (non-hydrogen) atoms. The van der Waals surface area contributed by atoms with Crippen molar-refractivity contribution in [3.8, 4) is 0 Å². The number of benzene rings is 2. The summed E-state index contributed by atoms with van der Waals surface area (Å²) < 4.78 is 13.3. The Bertz CT molecular complexity index is 904. The zero-order chi connectivity index (χ0) is 18.0. The molecular formula is C20H21FN2O2. The van der Waals surface area contributed by atoms with Crippen LogP contribution in [0.5, 0.6) is 0 Å². The van der Waals surface area contributed by atoms with Crippen molar-refractivity contribution in [1.82, 2.24) is 10.3 Å². The minimum absolute atomic E-state index is 0.190. The number of nitrogens with one attached hydrogen (secondary N) is 2. The summed E-state index contributed by atoms with van der Waals surface area (Å²) >= 11 is 0. The summed E-state index contributed by atoms with van der Waals surface area (Å²) in [6.07, 6.45) is 1.07. The maximum absolute atomic E-state index is 13.3. The second kappa shape index (κ2) is 7.07. The van der Waals surface area contributed by atoms with E-state index < -0.39 is 18.0 Å². The SMILES string of the molecule is Cc1ccc2c(CC(=O)N[C@@H](C)[C@@H](O)c3cccc(F)c3)c[nH]c2c1. The Labute approximate surface area is 145 Å². The molecule has 0 aliphatic rings. The average Bonchev–Trinajstić information content (AvgIpc) is 2.95. The van der Waals surface area contributed by atoms with Crippen LogP contribution in [-0.2, 0) is 11.2 Å². The Hall–Kier alpha value is -2.66. The second-order valence-corrected chi connectivity index (χ2v) is 6.40. The van der Waals surface area contributed by atoms with Crippen LogP contribution in [-0.4, -0.2) is 22.0 Å². The van der Waals surface area contributed by atoms with Crippen molar-refractivity contribution < 1.29 is 14.3 Å². The van der Waals surface area contributed by atoms with Gasteiger partial charge in [0.15, 0.2) is 0 Å². The van der Waals surface area contributed by atoms with Crippen molar-refractivity contribution in [3.63, 3.8) is 0 Å². The number of rotatable bonds is 5. The molecule has 3 N–H and O–H groups in total. The van der Waals surface area contributed by atoms with Gasteiger partial charge in [0.05, 0.1) is 18.6 Å². The molecule has 1 heterocycles. The largest absolute Gasteiger partial charge is 0.386 e. The van der Waals surface area contributed by atoms with Crippen LogP contribution in [0.2, 0.25) is 0 Å². The Morgan fingerprint density at radius 2 is 2.08 bits per heavy atom. The molecular weight excluding hydrogens is 319 g/mol. The lowest BCUT2D eigenvalue weighted by Gasteiger charge is -2.20. The van der Waals surface area contributed by atoms with Crippen LogP contribution in [0.15, 0.2) is 48.7 Å². The quantitative estimate of drug-likeness (QED) is 0.666. The van der Waals surface area contributed by atoms with Crippen molar-refractivity contribution in [2.45, 2.75) is 32.4 Å². The summed E-state index contributed by atoms with van der Waals surface area (Å²) in [7, 11) is 0. The lowest BCUT2D eigenvalue weighted by molar-refractivity contribution is -0.121. The van der Waals surface area contributed by atoms with Gasteiger partial charge in [-0.15, -0.1) is 0 Å². The molecule has 5 heteroatoms. The average molecular weight is 340 g/mol. The maximum atomic E-state index is 13.3. The number of amides is 1. The fourth-order valence-corrected chi connectivity index (χ4v) is 2.98. The highest BCUT2D eigenvalue weighted by atomic mass is 19.1. The van der Waals surface area contributed by atoms with Crippen LogP contribution in [0.3, 0.4) is 0 Å². The summed E-state index contributed by atoms with van der Waals surface area (Å²) in [4.78, 5) is 15.5. The van der Waals surface area contributed by atoms with Crippen molar-refractivity contribution in [2.24, 2.45) is 0 Å². The first-order valence-corrected chi connectivity index (χ1v) is 8.23. The van der Waals surface area contributed by atoms with Gasteiger partial charge in [0.2, 0.25) is 5.91 Å². The zero-order valence-electron chi connectivity index (χ0n) is 14.2. The molecule has 0 aliphatic heterocycles. The van der Waals surface area contributed by atoms with E-state index in [1.165, 1.54) is 18.2 Å². The van der Waals surface area contributed by atoms with Crippen LogP contribution >= 0.6 is 0 Å². The molecule has 2 atom stereocenters. The monoisotopic (exact) mass is 340 g/mol. The van der Waals surface area contributed by atoms with E-state index in [2.05, 4.69) is 10.3 Å². The molecule has 0 aliphatic carbocycles. The molecule has 0 unspecified atom stereocenters. The van der Waals surface area contributed by atoms with Gasteiger partial charge >= 0.3 is 0 Å². The normalized spacial score (nSPS) is 13.6. The minimum Gasteiger partial charge on any atom is -0.386 e. The van der Waals surface area contributed by atoms with Crippen molar-refractivity contribution >= 4 is 16.8 Å². The van der Waals surface area contributed by atoms with E-state index >= 15 is 0 Å². The number of aliphatic hydroxyl groups excluding tert-OH is 1. The van der Waals surface area contributed by atoms with E-state index in [1.807, 2.05) is 31.3 Å². The summed E-state index contributed by atoms with van der Waals surface area (Å²) in [5, 5.41) is 14.1. The summed E-state index contributed by atoms with van der Waals surface area (Å²) in [5.74, 6) is -0.603. The van der Waals surface area contributed by atoms with Gasteiger partial charge in [-0.1, -0.05) is 24.3 Å². The van der Waals surface area contributed by atoms with Crippen LogP contribution in [0.4, 0.5) is 4.39 Å². The minimum atomic E-state index is -0.967. The Morgan fingerprint density at radius 1 is 1.28 bits per heavy atom. The van der Waals surface area contributed by atoms with Gasteiger partial charge in [-0.05, 0) is 48.7 Å². The number of carbonyl (C=O) groups is 1. The Balaban J connectivity index is 1.67. The molecule has 0 saturated carbocycles. The predicted octanol–water partition coefficient (Wildman–Crippen LogP) is 3.40. The van der Waals surface area contributed by atoms with Gasteiger partial charge in [-0.25, -0.2) is 4.39 Å². The third kappa shape index (κ3) is 3.88. The van der Waals surface area contributed by atoms with Gasteiger partial charge in [-0.3, -0.25) is 4.79 Å². The molecule has 1 aromatic heterocycles. The van der Waals surface area contributed by atoms with Gasteiger partial charge in [-0.2, -0.15) is 0 Å². The van der Waals surface area contributed by atoms with E-state index in [1.54, 1.807) is 13.0 Å². The summed E-state index contributed by atoms with van der Waals surface area (Å²) in [5.41, 5.74) is 3.49. The fourth-order valence-electron chi connectivity index (χ4n) is 2.98. The number of fused-ring (bicyclic) bond motifs is 1. The topological polar surface area (TPSA) is 65.1 Å². The Kier molecular flexibility index (Phi) is 4.86. The number of aromatic nitrogens is 1. The van der Waals surface area contributed by atoms with E-state index in [0.717, 1.165) is 22.0 Å². The summed E-state index contributed by atoms with van der Waals surface area (Å²) in [6.45, 7) is 3.72. The molecule has 0 saturated heterocycles. The highest BCUT2D eigenvalue weighted by Crippen LogP contribution is 2.21. The van der Waals surface area contributed by atoms with Crippen molar-refractivity contribution in [1.29, 1.82) is 0 Å². The van der Waals surface area contributed by atoms with E-state index in [9.17, 15) is 14.3 Å². The number of hydrogen-bond acceptors (Lipinski definition) is 2. The van der Waals surface area contributed by atoms with Crippen LogP contribution < -0.4 is 5.32 Å². The molecule has 130 valence electrons. The molecule has 0 radical (unpaired) electrons. The third-order valence-electron chi connectivity index (χ3n) is 4.33. The molecule has 4 nitrogen and oxygen atoms in total. The van der Waals surface area contributed by atoms with E-state index in [-0.39, 0.29) is 12.3 Å². The number of halogens is 1. The van der Waals surface area contributed by atoms with Crippen LogP contribution in [0.1, 0.15) is 29.7 Å². The van der Waals surface area contributed by atoms with Gasteiger partial charge in [0, 0.05) is 17.1 Å². The first kappa shape index (κ1) is 17.2.